The van der Waals surface area contributed by atoms with Crippen LogP contribution in [0.3, 0.4) is 0 Å². The van der Waals surface area contributed by atoms with E-state index in [0.29, 0.717) is 18.8 Å². The topological polar surface area (TPSA) is 68.0 Å². The second-order valence-corrected chi connectivity index (χ2v) is 7.47. The summed E-state index contributed by atoms with van der Waals surface area (Å²) in [6.07, 6.45) is 10.1. The summed E-state index contributed by atoms with van der Waals surface area (Å²) in [6.45, 7) is 2.24. The Morgan fingerprint density at radius 1 is 1.26 bits per heavy atom. The Labute approximate surface area is 156 Å². The van der Waals surface area contributed by atoms with Crippen LogP contribution >= 0.6 is 0 Å². The number of anilines is 1. The number of fused-ring (bicyclic) bond motifs is 2. The number of hydrogen-bond donors (Lipinski definition) is 1. The Hall–Kier alpha value is -2.83. The van der Waals surface area contributed by atoms with E-state index >= 15 is 0 Å². The molecular weight excluding hydrogens is 343 g/mol. The maximum atomic E-state index is 13.9. The van der Waals surface area contributed by atoms with Crippen molar-refractivity contribution in [3.05, 3.63) is 53.2 Å². The predicted octanol–water partition coefficient (Wildman–Crippen LogP) is 3.51. The van der Waals surface area contributed by atoms with Gasteiger partial charge in [-0.1, -0.05) is 6.08 Å². The van der Waals surface area contributed by atoms with Crippen molar-refractivity contribution in [1.82, 2.24) is 24.6 Å². The SMILES string of the molecule is Cc1cn2nc(C3=CCCCc4nc(NCC5(F)CC5)ncc43)ccc2n1. The molecule has 27 heavy (non-hydrogen) atoms. The van der Waals surface area contributed by atoms with E-state index < -0.39 is 5.67 Å². The number of aromatic nitrogens is 5. The van der Waals surface area contributed by atoms with Crippen molar-refractivity contribution < 1.29 is 4.39 Å². The molecule has 0 aromatic carbocycles. The summed E-state index contributed by atoms with van der Waals surface area (Å²) in [4.78, 5) is 13.5. The van der Waals surface area contributed by atoms with Crippen LogP contribution < -0.4 is 5.32 Å². The van der Waals surface area contributed by atoms with Gasteiger partial charge in [0, 0.05) is 17.3 Å². The molecule has 0 aliphatic heterocycles. The first-order valence-corrected chi connectivity index (χ1v) is 9.42. The zero-order valence-electron chi connectivity index (χ0n) is 15.2. The first-order valence-electron chi connectivity index (χ1n) is 9.42. The molecule has 1 N–H and O–H groups in total. The molecule has 138 valence electrons. The standard InChI is InChI=1S/C20H21FN6/c1-13-11-27-18(24-13)7-6-17(26-27)14-4-2-3-5-16-15(14)10-22-19(25-16)23-12-20(21)8-9-20/h4,6-7,10-11H,2-3,5,8-9,12H2,1H3,(H,22,23,25). The molecule has 3 aromatic rings. The average molecular weight is 364 g/mol. The Kier molecular flexibility index (Phi) is 3.70. The Morgan fingerprint density at radius 2 is 2.15 bits per heavy atom. The van der Waals surface area contributed by atoms with Gasteiger partial charge in [0.2, 0.25) is 5.95 Å². The van der Waals surface area contributed by atoms with Gasteiger partial charge in [0.1, 0.15) is 5.67 Å². The number of imidazole rings is 1. The summed E-state index contributed by atoms with van der Waals surface area (Å²) in [5.41, 5.74) is 4.63. The number of nitrogens with zero attached hydrogens (tertiary/aromatic N) is 5. The Balaban J connectivity index is 1.49. The van der Waals surface area contributed by atoms with Crippen LogP contribution in [0.1, 0.15) is 48.3 Å². The quantitative estimate of drug-likeness (QED) is 0.767. The Morgan fingerprint density at radius 3 is 3.00 bits per heavy atom. The first kappa shape index (κ1) is 16.4. The number of rotatable bonds is 4. The molecule has 2 aliphatic rings. The number of hydrogen-bond acceptors (Lipinski definition) is 5. The minimum atomic E-state index is -1.07. The molecule has 0 radical (unpaired) electrons. The van der Waals surface area contributed by atoms with Crippen molar-refractivity contribution in [3.8, 4) is 0 Å². The predicted molar refractivity (Wildman–Crippen MR) is 101 cm³/mol. The number of halogens is 1. The van der Waals surface area contributed by atoms with Crippen molar-refractivity contribution in [1.29, 1.82) is 0 Å². The second kappa shape index (κ2) is 6.11. The molecule has 0 unspecified atom stereocenters. The lowest BCUT2D eigenvalue weighted by atomic mass is 10.0. The smallest absolute Gasteiger partial charge is 0.222 e. The van der Waals surface area contributed by atoms with Crippen LogP contribution in [0, 0.1) is 6.92 Å². The van der Waals surface area contributed by atoms with E-state index in [0.717, 1.165) is 53.1 Å². The van der Waals surface area contributed by atoms with Crippen LogP contribution in [0.25, 0.3) is 11.2 Å². The summed E-state index contributed by atoms with van der Waals surface area (Å²) < 4.78 is 15.7. The number of alkyl halides is 1. The van der Waals surface area contributed by atoms with Crippen molar-refractivity contribution >= 4 is 17.2 Å². The molecule has 1 fully saturated rings. The van der Waals surface area contributed by atoms with E-state index in [1.54, 1.807) is 0 Å². The van der Waals surface area contributed by atoms with E-state index in [1.165, 1.54) is 0 Å². The number of aryl methyl sites for hydroxylation is 2. The van der Waals surface area contributed by atoms with Gasteiger partial charge >= 0.3 is 0 Å². The molecule has 0 spiro atoms. The maximum Gasteiger partial charge on any atom is 0.222 e. The summed E-state index contributed by atoms with van der Waals surface area (Å²) in [7, 11) is 0. The van der Waals surface area contributed by atoms with Gasteiger partial charge in [-0.2, -0.15) is 5.10 Å². The van der Waals surface area contributed by atoms with Crippen LogP contribution in [0.2, 0.25) is 0 Å². The highest BCUT2D eigenvalue weighted by Gasteiger charge is 2.43. The minimum Gasteiger partial charge on any atom is -0.351 e. The first-order chi connectivity index (χ1) is 13.1. The third kappa shape index (κ3) is 3.18. The van der Waals surface area contributed by atoms with Crippen molar-refractivity contribution in [2.24, 2.45) is 0 Å². The molecule has 3 aromatic heterocycles. The van der Waals surface area contributed by atoms with Gasteiger partial charge in [0.25, 0.3) is 0 Å². The molecule has 6 nitrogen and oxygen atoms in total. The molecular formula is C20H21FN6. The van der Waals surface area contributed by atoms with Crippen molar-refractivity contribution in [2.45, 2.75) is 44.7 Å². The lowest BCUT2D eigenvalue weighted by Gasteiger charge is -2.12. The average Bonchev–Trinajstić information content (AvgIpc) is 3.34. The summed E-state index contributed by atoms with van der Waals surface area (Å²) in [5, 5.41) is 7.78. The normalized spacial score (nSPS) is 17.9. The molecule has 7 heteroatoms. The van der Waals surface area contributed by atoms with Crippen LogP contribution in [0.5, 0.6) is 0 Å². The maximum absolute atomic E-state index is 13.9. The highest BCUT2D eigenvalue weighted by molar-refractivity contribution is 5.79. The molecule has 2 aliphatic carbocycles. The van der Waals surface area contributed by atoms with Crippen LogP contribution in [0.4, 0.5) is 10.3 Å². The molecule has 0 bridgehead atoms. The van der Waals surface area contributed by atoms with Crippen molar-refractivity contribution in [3.63, 3.8) is 0 Å². The zero-order valence-corrected chi connectivity index (χ0v) is 15.2. The molecule has 1 saturated carbocycles. The van der Waals surface area contributed by atoms with E-state index in [-0.39, 0.29) is 6.54 Å². The van der Waals surface area contributed by atoms with Gasteiger partial charge in [-0.15, -0.1) is 0 Å². The fourth-order valence-corrected chi connectivity index (χ4v) is 3.48. The highest BCUT2D eigenvalue weighted by Crippen LogP contribution is 2.39. The molecule has 0 amide bonds. The molecule has 3 heterocycles. The van der Waals surface area contributed by atoms with Crippen LogP contribution in [-0.2, 0) is 6.42 Å². The Bertz CT molecular complexity index is 1050. The van der Waals surface area contributed by atoms with Gasteiger partial charge in [-0.25, -0.2) is 23.9 Å². The monoisotopic (exact) mass is 364 g/mol. The lowest BCUT2D eigenvalue weighted by Crippen LogP contribution is -2.18. The number of nitrogens with one attached hydrogen (secondary N) is 1. The van der Waals surface area contributed by atoms with Gasteiger partial charge in [-0.3, -0.25) is 0 Å². The largest absolute Gasteiger partial charge is 0.351 e. The molecule has 0 saturated heterocycles. The van der Waals surface area contributed by atoms with Crippen molar-refractivity contribution in [2.75, 3.05) is 11.9 Å². The van der Waals surface area contributed by atoms with Gasteiger partial charge in [0.05, 0.1) is 29.8 Å². The van der Waals surface area contributed by atoms with E-state index in [9.17, 15) is 4.39 Å². The summed E-state index contributed by atoms with van der Waals surface area (Å²) >= 11 is 0. The summed E-state index contributed by atoms with van der Waals surface area (Å²) in [6, 6.07) is 3.97. The highest BCUT2D eigenvalue weighted by atomic mass is 19.1. The molecule has 0 atom stereocenters. The number of allylic oxidation sites excluding steroid dienone is 1. The lowest BCUT2D eigenvalue weighted by molar-refractivity contribution is 0.326. The zero-order chi connectivity index (χ0) is 18.4. The van der Waals surface area contributed by atoms with Crippen LogP contribution in [0.15, 0.2) is 30.6 Å². The summed E-state index contributed by atoms with van der Waals surface area (Å²) in [5.74, 6) is 0.507. The van der Waals surface area contributed by atoms with Crippen LogP contribution in [-0.4, -0.2) is 36.8 Å². The van der Waals surface area contributed by atoms with E-state index in [4.69, 9.17) is 5.10 Å². The fourth-order valence-electron chi connectivity index (χ4n) is 3.48. The van der Waals surface area contributed by atoms with Gasteiger partial charge in [-0.05, 0) is 51.2 Å². The third-order valence-corrected chi connectivity index (χ3v) is 5.20. The fraction of sp³-hybridized carbons (Fsp3) is 0.400. The van der Waals surface area contributed by atoms with Gasteiger partial charge in [0.15, 0.2) is 5.65 Å². The third-order valence-electron chi connectivity index (χ3n) is 5.20. The van der Waals surface area contributed by atoms with E-state index in [1.807, 2.05) is 36.0 Å². The minimum absolute atomic E-state index is 0.284. The molecule has 5 rings (SSSR count). The van der Waals surface area contributed by atoms with Gasteiger partial charge < -0.3 is 5.32 Å². The van der Waals surface area contributed by atoms with E-state index in [2.05, 4.69) is 26.3 Å². The second-order valence-electron chi connectivity index (χ2n) is 7.47.